The number of aliphatic carboxylic acids is 1. The Morgan fingerprint density at radius 1 is 1.33 bits per heavy atom. The van der Waals surface area contributed by atoms with Crippen LogP contribution in [-0.2, 0) is 4.79 Å². The maximum atomic E-state index is 11.7. The summed E-state index contributed by atoms with van der Waals surface area (Å²) in [4.78, 5) is 23.5. The van der Waals surface area contributed by atoms with Crippen molar-refractivity contribution < 1.29 is 24.9 Å². The van der Waals surface area contributed by atoms with E-state index < -0.39 is 12.1 Å². The lowest BCUT2D eigenvalue weighted by Gasteiger charge is -2.22. The predicted octanol–water partition coefficient (Wildman–Crippen LogP) is -0.374. The molecule has 1 atom stereocenters. The first-order valence-electron chi connectivity index (χ1n) is 6.07. The zero-order valence-corrected chi connectivity index (χ0v) is 10.6. The number of amides is 2. The molecule has 0 rings (SSSR count). The van der Waals surface area contributed by atoms with E-state index >= 15 is 0 Å². The quantitative estimate of drug-likeness (QED) is 0.453. The number of carboxylic acid groups (broad SMARTS) is 1. The third kappa shape index (κ3) is 7.08. The Bertz CT molecular complexity index is 260. The summed E-state index contributed by atoms with van der Waals surface area (Å²) in [6, 6.07) is -0.352. The summed E-state index contributed by atoms with van der Waals surface area (Å²) in [6.45, 7) is 2.76. The Morgan fingerprint density at radius 3 is 2.50 bits per heavy atom. The van der Waals surface area contributed by atoms with Gasteiger partial charge in [-0.3, -0.25) is 0 Å². The minimum absolute atomic E-state index is 0.0399. The monoisotopic (exact) mass is 262 g/mol. The van der Waals surface area contributed by atoms with E-state index in [2.05, 4.69) is 5.32 Å². The second-order valence-electron chi connectivity index (χ2n) is 3.94. The highest BCUT2D eigenvalue weighted by Gasteiger charge is 2.15. The molecule has 106 valence electrons. The molecule has 0 aromatic heterocycles. The van der Waals surface area contributed by atoms with Gasteiger partial charge in [-0.1, -0.05) is 13.3 Å². The van der Waals surface area contributed by atoms with Crippen molar-refractivity contribution >= 4 is 12.0 Å². The normalized spacial score (nSPS) is 11.9. The zero-order valence-electron chi connectivity index (χ0n) is 10.6. The smallest absolute Gasteiger partial charge is 0.332 e. The molecule has 0 heterocycles. The van der Waals surface area contributed by atoms with E-state index in [0.717, 1.165) is 12.8 Å². The SMILES string of the molecule is CCCCN(CCO)C(=O)NCCC(O)C(=O)O. The average Bonchev–Trinajstić information content (AvgIpc) is 2.33. The molecule has 0 aliphatic heterocycles. The van der Waals surface area contributed by atoms with E-state index in [1.807, 2.05) is 6.92 Å². The van der Waals surface area contributed by atoms with E-state index in [1.165, 1.54) is 4.90 Å². The Hall–Kier alpha value is -1.34. The molecule has 0 saturated heterocycles. The fourth-order valence-electron chi connectivity index (χ4n) is 1.34. The number of nitrogens with one attached hydrogen (secondary N) is 1. The highest BCUT2D eigenvalue weighted by Crippen LogP contribution is 1.96. The van der Waals surface area contributed by atoms with Gasteiger partial charge in [-0.05, 0) is 6.42 Å². The van der Waals surface area contributed by atoms with Gasteiger partial charge >= 0.3 is 12.0 Å². The number of urea groups is 1. The van der Waals surface area contributed by atoms with Crippen LogP contribution < -0.4 is 5.32 Å². The Balaban J connectivity index is 3.97. The van der Waals surface area contributed by atoms with Crippen LogP contribution >= 0.6 is 0 Å². The van der Waals surface area contributed by atoms with Crippen molar-refractivity contribution in [3.63, 3.8) is 0 Å². The average molecular weight is 262 g/mol. The van der Waals surface area contributed by atoms with E-state index in [0.29, 0.717) is 6.54 Å². The van der Waals surface area contributed by atoms with Gasteiger partial charge in [0.2, 0.25) is 0 Å². The molecule has 0 aliphatic rings. The van der Waals surface area contributed by atoms with Gasteiger partial charge in [0.05, 0.1) is 6.61 Å². The Morgan fingerprint density at radius 2 is 2.00 bits per heavy atom. The number of carbonyl (C=O) groups is 2. The van der Waals surface area contributed by atoms with Crippen LogP contribution in [0.2, 0.25) is 0 Å². The molecule has 2 amide bonds. The van der Waals surface area contributed by atoms with Crippen LogP contribution in [0.15, 0.2) is 0 Å². The van der Waals surface area contributed by atoms with Crippen LogP contribution in [0.1, 0.15) is 26.2 Å². The summed E-state index contributed by atoms with van der Waals surface area (Å²) < 4.78 is 0. The molecule has 0 fully saturated rings. The summed E-state index contributed by atoms with van der Waals surface area (Å²) >= 11 is 0. The van der Waals surface area contributed by atoms with E-state index in [9.17, 15) is 9.59 Å². The summed E-state index contributed by atoms with van der Waals surface area (Å²) in [5.41, 5.74) is 0. The molecule has 7 heteroatoms. The number of nitrogens with zero attached hydrogens (tertiary/aromatic N) is 1. The van der Waals surface area contributed by atoms with Gasteiger partial charge in [-0.25, -0.2) is 9.59 Å². The van der Waals surface area contributed by atoms with Crippen molar-refractivity contribution in [3.8, 4) is 0 Å². The third-order valence-corrected chi connectivity index (χ3v) is 2.42. The van der Waals surface area contributed by atoms with Crippen molar-refractivity contribution in [2.75, 3.05) is 26.2 Å². The van der Waals surface area contributed by atoms with Crippen LogP contribution in [0.5, 0.6) is 0 Å². The van der Waals surface area contributed by atoms with Gasteiger partial charge in [-0.2, -0.15) is 0 Å². The van der Waals surface area contributed by atoms with Gasteiger partial charge < -0.3 is 25.5 Å². The van der Waals surface area contributed by atoms with E-state index in [1.54, 1.807) is 0 Å². The summed E-state index contributed by atoms with van der Waals surface area (Å²) in [5.74, 6) is -1.30. The lowest BCUT2D eigenvalue weighted by Crippen LogP contribution is -2.43. The van der Waals surface area contributed by atoms with Crippen molar-refractivity contribution in [1.29, 1.82) is 0 Å². The number of carbonyl (C=O) groups excluding carboxylic acids is 1. The number of carboxylic acids is 1. The fourth-order valence-corrected chi connectivity index (χ4v) is 1.34. The van der Waals surface area contributed by atoms with Crippen LogP contribution in [0.4, 0.5) is 4.79 Å². The number of aliphatic hydroxyl groups is 2. The molecule has 0 aromatic rings. The molecule has 0 aromatic carbocycles. The van der Waals surface area contributed by atoms with Crippen LogP contribution in [0.3, 0.4) is 0 Å². The van der Waals surface area contributed by atoms with Crippen molar-refractivity contribution in [2.45, 2.75) is 32.3 Å². The number of aliphatic hydroxyl groups excluding tert-OH is 2. The Labute approximate surface area is 106 Å². The molecule has 4 N–H and O–H groups in total. The molecule has 0 saturated carbocycles. The minimum atomic E-state index is -1.47. The van der Waals surface area contributed by atoms with Gasteiger partial charge in [0.25, 0.3) is 0 Å². The first-order chi connectivity index (χ1) is 8.52. The van der Waals surface area contributed by atoms with Crippen molar-refractivity contribution in [3.05, 3.63) is 0 Å². The zero-order chi connectivity index (χ0) is 14.0. The highest BCUT2D eigenvalue weighted by molar-refractivity contribution is 5.74. The third-order valence-electron chi connectivity index (χ3n) is 2.42. The first kappa shape index (κ1) is 16.7. The van der Waals surface area contributed by atoms with Crippen LogP contribution in [0, 0.1) is 0 Å². The van der Waals surface area contributed by atoms with Gasteiger partial charge in [0.1, 0.15) is 0 Å². The highest BCUT2D eigenvalue weighted by atomic mass is 16.4. The summed E-state index contributed by atoms with van der Waals surface area (Å²) in [5, 5.41) is 28.8. The molecule has 18 heavy (non-hydrogen) atoms. The summed E-state index contributed by atoms with van der Waals surface area (Å²) in [6.07, 6.45) is 0.271. The largest absolute Gasteiger partial charge is 0.479 e. The number of unbranched alkanes of at least 4 members (excludes halogenated alkanes) is 1. The topological polar surface area (TPSA) is 110 Å². The van der Waals surface area contributed by atoms with Crippen molar-refractivity contribution in [1.82, 2.24) is 10.2 Å². The number of hydrogen-bond donors (Lipinski definition) is 4. The van der Waals surface area contributed by atoms with Crippen LogP contribution in [-0.4, -0.2) is 64.6 Å². The van der Waals surface area contributed by atoms with E-state index in [4.69, 9.17) is 15.3 Å². The molecule has 0 aliphatic carbocycles. The first-order valence-corrected chi connectivity index (χ1v) is 6.07. The number of hydrogen-bond acceptors (Lipinski definition) is 4. The van der Waals surface area contributed by atoms with Gasteiger partial charge in [0.15, 0.2) is 6.10 Å². The lowest BCUT2D eigenvalue weighted by molar-refractivity contribution is -0.146. The molecule has 1 unspecified atom stereocenters. The standard InChI is InChI=1S/C11H22N2O5/c1-2-3-6-13(7-8-14)11(18)12-5-4-9(15)10(16)17/h9,14-15H,2-8H2,1H3,(H,12,18)(H,16,17). The fraction of sp³-hybridized carbons (Fsp3) is 0.818. The van der Waals surface area contributed by atoms with Crippen LogP contribution in [0.25, 0.3) is 0 Å². The molecule has 0 radical (unpaired) electrons. The van der Waals surface area contributed by atoms with E-state index in [-0.39, 0.29) is 32.1 Å². The summed E-state index contributed by atoms with van der Waals surface area (Å²) in [7, 11) is 0. The molecular formula is C11H22N2O5. The lowest BCUT2D eigenvalue weighted by atomic mass is 10.2. The predicted molar refractivity (Wildman–Crippen MR) is 65.2 cm³/mol. The minimum Gasteiger partial charge on any atom is -0.479 e. The molecule has 0 bridgehead atoms. The molecule has 0 spiro atoms. The maximum Gasteiger partial charge on any atom is 0.332 e. The number of rotatable bonds is 9. The van der Waals surface area contributed by atoms with Crippen molar-refractivity contribution in [2.24, 2.45) is 0 Å². The van der Waals surface area contributed by atoms with Gasteiger partial charge in [0, 0.05) is 26.1 Å². The van der Waals surface area contributed by atoms with Gasteiger partial charge in [-0.15, -0.1) is 0 Å². The molecular weight excluding hydrogens is 240 g/mol. The molecule has 7 nitrogen and oxygen atoms in total. The maximum absolute atomic E-state index is 11.7. The second kappa shape index (κ2) is 9.67. The second-order valence-corrected chi connectivity index (χ2v) is 3.94. The Kier molecular flexibility index (Phi) is 8.95.